The normalized spacial score (nSPS) is 9.12. The second-order valence-electron chi connectivity index (χ2n) is 3.17. The van der Waals surface area contributed by atoms with Crippen molar-refractivity contribution in [3.63, 3.8) is 0 Å². The van der Waals surface area contributed by atoms with Crippen molar-refractivity contribution in [2.75, 3.05) is 13.7 Å². The molecule has 0 amide bonds. The van der Waals surface area contributed by atoms with Gasteiger partial charge in [0.05, 0.1) is 18.2 Å². The number of methoxy groups -OCH3 is 1. The van der Waals surface area contributed by atoms with E-state index < -0.39 is 0 Å². The zero-order chi connectivity index (χ0) is 11.8. The molecule has 0 fully saturated rings. The van der Waals surface area contributed by atoms with Gasteiger partial charge in [0.15, 0.2) is 6.29 Å². The Bertz CT molecular complexity index is 413. The highest BCUT2D eigenvalue weighted by Crippen LogP contribution is 2.21. The average molecular weight is 218 g/mol. The third kappa shape index (κ3) is 3.11. The zero-order valence-corrected chi connectivity index (χ0v) is 9.19. The minimum atomic E-state index is 0.139. The van der Waals surface area contributed by atoms with Crippen LogP contribution in [0.15, 0.2) is 18.2 Å². The first kappa shape index (κ1) is 12.3. The first-order valence-electron chi connectivity index (χ1n) is 5.05. The SMILES string of the molecule is COc1c(C#CCCCO)cccc1C=O. The van der Waals surface area contributed by atoms with Gasteiger partial charge in [0, 0.05) is 13.0 Å². The second-order valence-corrected chi connectivity index (χ2v) is 3.17. The minimum Gasteiger partial charge on any atom is -0.495 e. The van der Waals surface area contributed by atoms with Crippen LogP contribution >= 0.6 is 0 Å². The molecule has 0 aliphatic carbocycles. The van der Waals surface area contributed by atoms with Crippen LogP contribution in [0.4, 0.5) is 0 Å². The van der Waals surface area contributed by atoms with Gasteiger partial charge in [0.1, 0.15) is 5.75 Å². The van der Waals surface area contributed by atoms with Crippen molar-refractivity contribution in [1.29, 1.82) is 0 Å². The fraction of sp³-hybridized carbons (Fsp3) is 0.308. The predicted molar refractivity (Wildman–Crippen MR) is 61.6 cm³/mol. The summed E-state index contributed by atoms with van der Waals surface area (Å²) in [6, 6.07) is 5.25. The van der Waals surface area contributed by atoms with Crippen molar-refractivity contribution >= 4 is 6.29 Å². The molecule has 1 rings (SSSR count). The molecule has 0 aromatic heterocycles. The lowest BCUT2D eigenvalue weighted by molar-refractivity contribution is 0.112. The van der Waals surface area contributed by atoms with Gasteiger partial charge in [-0.15, -0.1) is 0 Å². The molecular weight excluding hydrogens is 204 g/mol. The Hall–Kier alpha value is -1.79. The Morgan fingerprint density at radius 3 is 2.94 bits per heavy atom. The highest BCUT2D eigenvalue weighted by Gasteiger charge is 2.05. The molecule has 1 N–H and O–H groups in total. The lowest BCUT2D eigenvalue weighted by Gasteiger charge is -2.05. The smallest absolute Gasteiger partial charge is 0.153 e. The van der Waals surface area contributed by atoms with Gasteiger partial charge in [-0.3, -0.25) is 4.79 Å². The lowest BCUT2D eigenvalue weighted by Crippen LogP contribution is -1.93. The van der Waals surface area contributed by atoms with E-state index in [0.29, 0.717) is 29.7 Å². The topological polar surface area (TPSA) is 46.5 Å². The van der Waals surface area contributed by atoms with Crippen LogP contribution in [0, 0.1) is 11.8 Å². The van der Waals surface area contributed by atoms with E-state index in [1.807, 2.05) is 0 Å². The molecule has 1 aromatic rings. The molecule has 0 atom stereocenters. The largest absolute Gasteiger partial charge is 0.495 e. The van der Waals surface area contributed by atoms with E-state index in [-0.39, 0.29) is 6.61 Å². The Kier molecular flexibility index (Phi) is 5.10. The van der Waals surface area contributed by atoms with Gasteiger partial charge in [-0.2, -0.15) is 0 Å². The Morgan fingerprint density at radius 1 is 1.50 bits per heavy atom. The lowest BCUT2D eigenvalue weighted by atomic mass is 10.1. The fourth-order valence-electron chi connectivity index (χ4n) is 1.30. The van der Waals surface area contributed by atoms with Crippen LogP contribution in [0.25, 0.3) is 0 Å². The molecule has 84 valence electrons. The van der Waals surface area contributed by atoms with Crippen LogP contribution < -0.4 is 4.74 Å². The standard InChI is InChI=1S/C13H14O3/c1-16-13-11(6-3-2-4-9-14)7-5-8-12(13)10-15/h5,7-8,10,14H,2,4,9H2,1H3. The molecule has 0 bridgehead atoms. The molecule has 0 radical (unpaired) electrons. The van der Waals surface area contributed by atoms with E-state index in [1.54, 1.807) is 18.2 Å². The number of hydrogen-bond donors (Lipinski definition) is 1. The van der Waals surface area contributed by atoms with Crippen LogP contribution in [0.3, 0.4) is 0 Å². The molecule has 3 heteroatoms. The zero-order valence-electron chi connectivity index (χ0n) is 9.19. The van der Waals surface area contributed by atoms with Gasteiger partial charge in [0.2, 0.25) is 0 Å². The van der Waals surface area contributed by atoms with Gasteiger partial charge in [-0.1, -0.05) is 17.9 Å². The van der Waals surface area contributed by atoms with Gasteiger partial charge in [-0.25, -0.2) is 0 Å². The number of unbranched alkanes of at least 4 members (excludes halogenated alkanes) is 1. The number of hydrogen-bond acceptors (Lipinski definition) is 3. The monoisotopic (exact) mass is 218 g/mol. The summed E-state index contributed by atoms with van der Waals surface area (Å²) in [4.78, 5) is 10.8. The van der Waals surface area contributed by atoms with Gasteiger partial charge < -0.3 is 9.84 Å². The van der Waals surface area contributed by atoms with Crippen molar-refractivity contribution in [2.24, 2.45) is 0 Å². The Morgan fingerprint density at radius 2 is 2.31 bits per heavy atom. The minimum absolute atomic E-state index is 0.139. The number of rotatable bonds is 4. The number of para-hydroxylation sites is 1. The molecule has 1 aromatic carbocycles. The van der Waals surface area contributed by atoms with E-state index in [0.717, 1.165) is 6.29 Å². The van der Waals surface area contributed by atoms with Crippen molar-refractivity contribution in [3.8, 4) is 17.6 Å². The summed E-state index contributed by atoms with van der Waals surface area (Å²) in [7, 11) is 1.52. The second kappa shape index (κ2) is 6.65. The molecule has 0 aliphatic rings. The van der Waals surface area contributed by atoms with Crippen LogP contribution in [0.5, 0.6) is 5.75 Å². The van der Waals surface area contributed by atoms with E-state index >= 15 is 0 Å². The molecule has 0 saturated heterocycles. The molecular formula is C13H14O3. The van der Waals surface area contributed by atoms with E-state index in [1.165, 1.54) is 7.11 Å². The maximum Gasteiger partial charge on any atom is 0.153 e. The molecule has 0 spiro atoms. The number of benzene rings is 1. The summed E-state index contributed by atoms with van der Waals surface area (Å²) >= 11 is 0. The van der Waals surface area contributed by atoms with Crippen LogP contribution in [0.1, 0.15) is 28.8 Å². The molecule has 0 unspecified atom stereocenters. The number of carbonyl (C=O) groups excluding carboxylic acids is 1. The summed E-state index contributed by atoms with van der Waals surface area (Å²) in [5, 5.41) is 8.61. The first-order chi connectivity index (χ1) is 7.83. The quantitative estimate of drug-likeness (QED) is 0.474. The Labute approximate surface area is 95.1 Å². The van der Waals surface area contributed by atoms with E-state index in [4.69, 9.17) is 9.84 Å². The molecule has 0 aliphatic heterocycles. The van der Waals surface area contributed by atoms with E-state index in [2.05, 4.69) is 11.8 Å². The van der Waals surface area contributed by atoms with Crippen molar-refractivity contribution in [3.05, 3.63) is 29.3 Å². The molecule has 16 heavy (non-hydrogen) atoms. The molecule has 3 nitrogen and oxygen atoms in total. The van der Waals surface area contributed by atoms with Gasteiger partial charge >= 0.3 is 0 Å². The van der Waals surface area contributed by atoms with Crippen LogP contribution in [0.2, 0.25) is 0 Å². The first-order valence-corrected chi connectivity index (χ1v) is 5.05. The van der Waals surface area contributed by atoms with E-state index in [9.17, 15) is 4.79 Å². The fourth-order valence-corrected chi connectivity index (χ4v) is 1.30. The third-order valence-corrected chi connectivity index (χ3v) is 2.06. The Balaban J connectivity index is 2.93. The van der Waals surface area contributed by atoms with Gasteiger partial charge in [0.25, 0.3) is 0 Å². The predicted octanol–water partition coefficient (Wildman–Crippen LogP) is 1.63. The van der Waals surface area contributed by atoms with Crippen molar-refractivity contribution < 1.29 is 14.6 Å². The average Bonchev–Trinajstić information content (AvgIpc) is 2.34. The number of aliphatic hydroxyl groups excluding tert-OH is 1. The molecule has 0 heterocycles. The van der Waals surface area contributed by atoms with Crippen molar-refractivity contribution in [1.82, 2.24) is 0 Å². The molecule has 0 saturated carbocycles. The van der Waals surface area contributed by atoms with Crippen LogP contribution in [-0.2, 0) is 0 Å². The summed E-state index contributed by atoms with van der Waals surface area (Å²) in [6.45, 7) is 0.139. The number of aldehydes is 1. The number of aliphatic hydroxyl groups is 1. The summed E-state index contributed by atoms with van der Waals surface area (Å²) in [6.07, 6.45) is 2.03. The third-order valence-electron chi connectivity index (χ3n) is 2.06. The number of carbonyl (C=O) groups is 1. The highest BCUT2D eigenvalue weighted by molar-refractivity contribution is 5.81. The maximum atomic E-state index is 10.8. The summed E-state index contributed by atoms with van der Waals surface area (Å²) < 4.78 is 5.14. The highest BCUT2D eigenvalue weighted by atomic mass is 16.5. The van der Waals surface area contributed by atoms with Gasteiger partial charge in [-0.05, 0) is 18.6 Å². The summed E-state index contributed by atoms with van der Waals surface area (Å²) in [5.74, 6) is 6.36. The maximum absolute atomic E-state index is 10.8. The summed E-state index contributed by atoms with van der Waals surface area (Å²) in [5.41, 5.74) is 1.20. The number of ether oxygens (including phenoxy) is 1. The van der Waals surface area contributed by atoms with Crippen LogP contribution in [-0.4, -0.2) is 25.1 Å². The van der Waals surface area contributed by atoms with Crippen molar-refractivity contribution in [2.45, 2.75) is 12.8 Å².